The Kier molecular flexibility index (Phi) is 4.05. The molecule has 1 rings (SSSR count). The average Bonchev–Trinajstić information content (AvgIpc) is 2.36. The molecule has 0 N–H and O–H groups in total. The Hall–Kier alpha value is -0.920. The third kappa shape index (κ3) is 2.11. The van der Waals surface area contributed by atoms with Crippen molar-refractivity contribution in [1.29, 1.82) is 0 Å². The zero-order chi connectivity index (χ0) is 10.6. The molecule has 0 aromatic carbocycles. The maximum Gasteiger partial charge on any atom is 0.100 e. The van der Waals surface area contributed by atoms with E-state index in [0.29, 0.717) is 6.17 Å². The van der Waals surface area contributed by atoms with Gasteiger partial charge < -0.3 is 9.80 Å². The van der Waals surface area contributed by atoms with Crippen molar-refractivity contribution >= 4 is 0 Å². The highest BCUT2D eigenvalue weighted by Gasteiger charge is 2.20. The van der Waals surface area contributed by atoms with Gasteiger partial charge in [-0.15, -0.1) is 0 Å². The molecule has 0 radical (unpaired) electrons. The lowest BCUT2D eigenvalue weighted by Gasteiger charge is -2.37. The van der Waals surface area contributed by atoms with E-state index in [4.69, 9.17) is 0 Å². The van der Waals surface area contributed by atoms with Crippen LogP contribution in [0.15, 0.2) is 24.0 Å². The first-order chi connectivity index (χ1) is 6.74. The molecule has 1 heterocycles. The van der Waals surface area contributed by atoms with Crippen molar-refractivity contribution in [2.45, 2.75) is 39.8 Å². The van der Waals surface area contributed by atoms with Crippen molar-refractivity contribution in [2.75, 3.05) is 13.6 Å². The van der Waals surface area contributed by atoms with E-state index >= 15 is 0 Å². The third-order valence-electron chi connectivity index (χ3n) is 2.88. The van der Waals surface area contributed by atoms with Crippen LogP contribution in [0.5, 0.6) is 0 Å². The first kappa shape index (κ1) is 11.2. The van der Waals surface area contributed by atoms with Crippen molar-refractivity contribution in [1.82, 2.24) is 9.80 Å². The van der Waals surface area contributed by atoms with E-state index in [1.807, 2.05) is 0 Å². The van der Waals surface area contributed by atoms with E-state index in [0.717, 1.165) is 19.4 Å². The molecule has 1 aliphatic rings. The smallest absolute Gasteiger partial charge is 0.100 e. The van der Waals surface area contributed by atoms with E-state index < -0.39 is 0 Å². The minimum atomic E-state index is 0.518. The van der Waals surface area contributed by atoms with Gasteiger partial charge in [0.2, 0.25) is 0 Å². The molecule has 0 aromatic rings. The minimum Gasteiger partial charge on any atom is -0.360 e. The Morgan fingerprint density at radius 3 is 2.50 bits per heavy atom. The SMILES string of the molecule is CCC1=CC=CN(C)C(CC)N1CC. The van der Waals surface area contributed by atoms with E-state index in [1.165, 1.54) is 5.70 Å². The molecule has 2 nitrogen and oxygen atoms in total. The molecule has 0 aromatic heterocycles. The van der Waals surface area contributed by atoms with Gasteiger partial charge in [-0.3, -0.25) is 0 Å². The zero-order valence-corrected chi connectivity index (χ0v) is 9.83. The van der Waals surface area contributed by atoms with Crippen LogP contribution in [-0.4, -0.2) is 29.6 Å². The van der Waals surface area contributed by atoms with Crippen LogP contribution >= 0.6 is 0 Å². The van der Waals surface area contributed by atoms with Gasteiger partial charge in [-0.05, 0) is 31.9 Å². The predicted octanol–water partition coefficient (Wildman–Crippen LogP) is 2.80. The maximum absolute atomic E-state index is 2.49. The molecule has 0 saturated carbocycles. The standard InChI is InChI=1S/C12H22N2/c1-5-11-9-8-10-13(4)12(6-2)14(11)7-3/h8-10,12H,5-7H2,1-4H3. The summed E-state index contributed by atoms with van der Waals surface area (Å²) in [6, 6.07) is 0. The highest BCUT2D eigenvalue weighted by Crippen LogP contribution is 2.20. The summed E-state index contributed by atoms with van der Waals surface area (Å²) in [6.45, 7) is 7.78. The maximum atomic E-state index is 2.49. The molecule has 14 heavy (non-hydrogen) atoms. The van der Waals surface area contributed by atoms with Crippen LogP contribution in [0.2, 0.25) is 0 Å². The van der Waals surface area contributed by atoms with Gasteiger partial charge in [-0.25, -0.2) is 0 Å². The van der Waals surface area contributed by atoms with E-state index in [9.17, 15) is 0 Å². The largest absolute Gasteiger partial charge is 0.360 e. The molecule has 1 atom stereocenters. The van der Waals surface area contributed by atoms with Gasteiger partial charge in [-0.1, -0.05) is 13.8 Å². The van der Waals surface area contributed by atoms with Crippen molar-refractivity contribution < 1.29 is 0 Å². The summed E-state index contributed by atoms with van der Waals surface area (Å²) in [6.07, 6.45) is 9.34. The number of hydrogen-bond acceptors (Lipinski definition) is 2. The number of allylic oxidation sites excluding steroid dienone is 3. The van der Waals surface area contributed by atoms with Gasteiger partial charge in [0, 0.05) is 25.5 Å². The van der Waals surface area contributed by atoms with Crippen LogP contribution in [-0.2, 0) is 0 Å². The Morgan fingerprint density at radius 2 is 2.00 bits per heavy atom. The van der Waals surface area contributed by atoms with Gasteiger partial charge in [0.1, 0.15) is 6.17 Å². The lowest BCUT2D eigenvalue weighted by atomic mass is 10.2. The predicted molar refractivity (Wildman–Crippen MR) is 61.7 cm³/mol. The second-order valence-electron chi connectivity index (χ2n) is 3.69. The molecule has 0 amide bonds. The van der Waals surface area contributed by atoms with Crippen molar-refractivity contribution in [3.63, 3.8) is 0 Å². The molecule has 1 unspecified atom stereocenters. The van der Waals surface area contributed by atoms with Gasteiger partial charge in [-0.2, -0.15) is 0 Å². The molecule has 0 aliphatic carbocycles. The Bertz CT molecular complexity index is 230. The van der Waals surface area contributed by atoms with Crippen LogP contribution < -0.4 is 0 Å². The lowest BCUT2D eigenvalue weighted by Crippen LogP contribution is -2.42. The summed E-state index contributed by atoms with van der Waals surface area (Å²) in [7, 11) is 2.15. The van der Waals surface area contributed by atoms with Crippen molar-refractivity contribution in [3.05, 3.63) is 24.0 Å². The average molecular weight is 194 g/mol. The topological polar surface area (TPSA) is 6.48 Å². The fraction of sp³-hybridized carbons (Fsp3) is 0.667. The van der Waals surface area contributed by atoms with Crippen LogP contribution in [0.4, 0.5) is 0 Å². The second kappa shape index (κ2) is 5.08. The first-order valence-electron chi connectivity index (χ1n) is 5.60. The summed E-state index contributed by atoms with van der Waals surface area (Å²) >= 11 is 0. The van der Waals surface area contributed by atoms with Crippen LogP contribution in [0.1, 0.15) is 33.6 Å². The first-order valence-corrected chi connectivity index (χ1v) is 5.60. The van der Waals surface area contributed by atoms with Crippen molar-refractivity contribution in [2.24, 2.45) is 0 Å². The molecule has 80 valence electrons. The fourth-order valence-electron chi connectivity index (χ4n) is 2.14. The number of rotatable bonds is 3. The van der Waals surface area contributed by atoms with Crippen LogP contribution in [0.25, 0.3) is 0 Å². The molecular weight excluding hydrogens is 172 g/mol. The molecule has 0 fully saturated rings. The Labute approximate surface area is 87.9 Å². The van der Waals surface area contributed by atoms with Gasteiger partial charge >= 0.3 is 0 Å². The normalized spacial score (nSPS) is 22.3. The number of nitrogens with zero attached hydrogens (tertiary/aromatic N) is 2. The minimum absolute atomic E-state index is 0.518. The number of hydrogen-bond donors (Lipinski definition) is 0. The quantitative estimate of drug-likeness (QED) is 0.681. The molecular formula is C12H22N2. The van der Waals surface area contributed by atoms with Gasteiger partial charge in [0.15, 0.2) is 0 Å². The van der Waals surface area contributed by atoms with E-state index in [-0.39, 0.29) is 0 Å². The van der Waals surface area contributed by atoms with E-state index in [1.54, 1.807) is 0 Å². The van der Waals surface area contributed by atoms with E-state index in [2.05, 4.69) is 56.0 Å². The Morgan fingerprint density at radius 1 is 1.29 bits per heavy atom. The summed E-state index contributed by atoms with van der Waals surface area (Å²) < 4.78 is 0. The van der Waals surface area contributed by atoms with Crippen LogP contribution in [0.3, 0.4) is 0 Å². The second-order valence-corrected chi connectivity index (χ2v) is 3.69. The Balaban J connectivity index is 2.90. The van der Waals surface area contributed by atoms with Gasteiger partial charge in [0.25, 0.3) is 0 Å². The fourth-order valence-corrected chi connectivity index (χ4v) is 2.14. The molecule has 0 spiro atoms. The highest BCUT2D eigenvalue weighted by atomic mass is 15.3. The molecule has 2 heteroatoms. The third-order valence-corrected chi connectivity index (χ3v) is 2.88. The lowest BCUT2D eigenvalue weighted by molar-refractivity contribution is 0.128. The highest BCUT2D eigenvalue weighted by molar-refractivity contribution is 5.15. The molecule has 1 aliphatic heterocycles. The van der Waals surface area contributed by atoms with Crippen molar-refractivity contribution in [3.8, 4) is 0 Å². The van der Waals surface area contributed by atoms with Crippen LogP contribution in [0, 0.1) is 0 Å². The summed E-state index contributed by atoms with van der Waals surface area (Å²) in [5, 5.41) is 0. The zero-order valence-electron chi connectivity index (χ0n) is 9.83. The monoisotopic (exact) mass is 194 g/mol. The summed E-state index contributed by atoms with van der Waals surface area (Å²) in [5.74, 6) is 0. The van der Waals surface area contributed by atoms with Gasteiger partial charge in [0.05, 0.1) is 0 Å². The summed E-state index contributed by atoms with van der Waals surface area (Å²) in [4.78, 5) is 4.78. The summed E-state index contributed by atoms with van der Waals surface area (Å²) in [5.41, 5.74) is 1.44. The molecule has 0 bridgehead atoms. The molecule has 0 saturated heterocycles.